The maximum absolute atomic E-state index is 11.9. The number of nitrogens with one attached hydrogen (secondary N) is 1. The van der Waals surface area contributed by atoms with Crippen LogP contribution >= 0.6 is 34.8 Å². The summed E-state index contributed by atoms with van der Waals surface area (Å²) in [5.41, 5.74) is 3.47. The SMILES string of the molecule is O=C(N/N=C/c1cccc(Cl)c1)c1ccc(Cl)cc1Cl. The van der Waals surface area contributed by atoms with E-state index >= 15 is 0 Å². The van der Waals surface area contributed by atoms with Crippen LogP contribution in [0.3, 0.4) is 0 Å². The molecule has 0 aliphatic rings. The molecule has 0 bridgehead atoms. The number of hydrogen-bond acceptors (Lipinski definition) is 2. The van der Waals surface area contributed by atoms with E-state index < -0.39 is 5.91 Å². The third-order valence-corrected chi connectivity index (χ3v) is 3.19. The molecule has 0 spiro atoms. The van der Waals surface area contributed by atoms with Crippen molar-refractivity contribution in [1.82, 2.24) is 5.43 Å². The summed E-state index contributed by atoms with van der Waals surface area (Å²) in [4.78, 5) is 11.9. The molecule has 2 aromatic carbocycles. The lowest BCUT2D eigenvalue weighted by atomic mass is 10.2. The van der Waals surface area contributed by atoms with E-state index in [9.17, 15) is 4.79 Å². The Morgan fingerprint density at radius 3 is 2.50 bits per heavy atom. The average Bonchev–Trinajstić information content (AvgIpc) is 2.38. The fraction of sp³-hybridized carbons (Fsp3) is 0. The van der Waals surface area contributed by atoms with Gasteiger partial charge in [-0.15, -0.1) is 0 Å². The number of hydrogen-bond donors (Lipinski definition) is 1. The molecule has 2 rings (SSSR count). The Balaban J connectivity index is 2.05. The Morgan fingerprint density at radius 1 is 1.05 bits per heavy atom. The molecule has 1 N–H and O–H groups in total. The first-order chi connectivity index (χ1) is 9.56. The standard InChI is InChI=1S/C14H9Cl3N2O/c15-10-3-1-2-9(6-10)8-18-19-14(20)12-5-4-11(16)7-13(12)17/h1-8H,(H,19,20)/b18-8+. The van der Waals surface area contributed by atoms with Gasteiger partial charge in [0.05, 0.1) is 16.8 Å². The lowest BCUT2D eigenvalue weighted by Crippen LogP contribution is -2.18. The van der Waals surface area contributed by atoms with Crippen LogP contribution in [-0.2, 0) is 0 Å². The van der Waals surface area contributed by atoms with Gasteiger partial charge in [-0.05, 0) is 35.9 Å². The van der Waals surface area contributed by atoms with Crippen LogP contribution in [0.4, 0.5) is 0 Å². The summed E-state index contributed by atoms with van der Waals surface area (Å²) in [6.45, 7) is 0. The smallest absolute Gasteiger partial charge is 0.267 e. The van der Waals surface area contributed by atoms with Gasteiger partial charge < -0.3 is 0 Å². The molecule has 3 nitrogen and oxygen atoms in total. The molecule has 0 aliphatic carbocycles. The molecule has 6 heteroatoms. The van der Waals surface area contributed by atoms with Gasteiger partial charge in [0, 0.05) is 10.0 Å². The van der Waals surface area contributed by atoms with Crippen molar-refractivity contribution in [1.29, 1.82) is 0 Å². The van der Waals surface area contributed by atoms with E-state index in [0.29, 0.717) is 15.6 Å². The highest BCUT2D eigenvalue weighted by Gasteiger charge is 2.09. The van der Waals surface area contributed by atoms with Gasteiger partial charge in [-0.25, -0.2) is 5.43 Å². The molecule has 0 heterocycles. The third kappa shape index (κ3) is 3.97. The van der Waals surface area contributed by atoms with Gasteiger partial charge in [0.15, 0.2) is 0 Å². The van der Waals surface area contributed by atoms with Crippen LogP contribution in [0.25, 0.3) is 0 Å². The second-order valence-corrected chi connectivity index (χ2v) is 5.16. The van der Waals surface area contributed by atoms with Crippen molar-refractivity contribution in [3.8, 4) is 0 Å². The fourth-order valence-electron chi connectivity index (χ4n) is 1.49. The van der Waals surface area contributed by atoms with E-state index in [1.54, 1.807) is 24.3 Å². The first kappa shape index (κ1) is 14.9. The minimum absolute atomic E-state index is 0.271. The second-order valence-electron chi connectivity index (χ2n) is 3.88. The molecular weight excluding hydrogens is 319 g/mol. The minimum atomic E-state index is -0.412. The van der Waals surface area contributed by atoms with Crippen molar-refractivity contribution < 1.29 is 4.79 Å². The van der Waals surface area contributed by atoms with E-state index in [1.807, 2.05) is 6.07 Å². The molecule has 0 unspecified atom stereocenters. The van der Waals surface area contributed by atoms with Gasteiger partial charge >= 0.3 is 0 Å². The molecule has 0 aliphatic heterocycles. The second kappa shape index (κ2) is 6.75. The molecule has 1 amide bonds. The predicted octanol–water partition coefficient (Wildman–Crippen LogP) is 4.41. The molecular formula is C14H9Cl3N2O. The first-order valence-corrected chi connectivity index (χ1v) is 6.73. The molecule has 2 aromatic rings. The van der Waals surface area contributed by atoms with E-state index in [2.05, 4.69) is 10.5 Å². The predicted molar refractivity (Wildman–Crippen MR) is 83.0 cm³/mol. The Hall–Kier alpha value is -1.55. The zero-order chi connectivity index (χ0) is 14.5. The summed E-state index contributed by atoms with van der Waals surface area (Å²) in [6.07, 6.45) is 1.49. The van der Waals surface area contributed by atoms with Crippen LogP contribution in [0.5, 0.6) is 0 Å². The Labute approximate surface area is 131 Å². The van der Waals surface area contributed by atoms with Gasteiger partial charge in [-0.3, -0.25) is 4.79 Å². The fourth-order valence-corrected chi connectivity index (χ4v) is 2.18. The maximum Gasteiger partial charge on any atom is 0.272 e. The largest absolute Gasteiger partial charge is 0.272 e. The van der Waals surface area contributed by atoms with Crippen molar-refractivity contribution in [3.63, 3.8) is 0 Å². The Morgan fingerprint density at radius 2 is 1.80 bits per heavy atom. The summed E-state index contributed by atoms with van der Waals surface area (Å²) in [6, 6.07) is 11.7. The summed E-state index contributed by atoms with van der Waals surface area (Å²) in [5, 5.41) is 5.18. The number of halogens is 3. The van der Waals surface area contributed by atoms with E-state index in [4.69, 9.17) is 34.8 Å². The van der Waals surface area contributed by atoms with Gasteiger partial charge in [-0.2, -0.15) is 5.10 Å². The van der Waals surface area contributed by atoms with Gasteiger partial charge in [0.25, 0.3) is 5.91 Å². The molecule has 0 atom stereocenters. The summed E-state index contributed by atoms with van der Waals surface area (Å²) < 4.78 is 0. The molecule has 0 radical (unpaired) electrons. The number of nitrogens with zero attached hydrogens (tertiary/aromatic N) is 1. The van der Waals surface area contributed by atoms with Crippen LogP contribution in [0.2, 0.25) is 15.1 Å². The number of amides is 1. The van der Waals surface area contributed by atoms with Gasteiger partial charge in [-0.1, -0.05) is 46.9 Å². The van der Waals surface area contributed by atoms with Crippen molar-refractivity contribution in [2.24, 2.45) is 5.10 Å². The molecule has 0 saturated heterocycles. The monoisotopic (exact) mass is 326 g/mol. The van der Waals surface area contributed by atoms with Crippen LogP contribution in [0, 0.1) is 0 Å². The van der Waals surface area contributed by atoms with E-state index in [-0.39, 0.29) is 5.02 Å². The van der Waals surface area contributed by atoms with Gasteiger partial charge in [0.2, 0.25) is 0 Å². The number of carbonyl (C=O) groups is 1. The van der Waals surface area contributed by atoms with Crippen LogP contribution in [0.1, 0.15) is 15.9 Å². The van der Waals surface area contributed by atoms with Crippen molar-refractivity contribution in [2.45, 2.75) is 0 Å². The lowest BCUT2D eigenvalue weighted by molar-refractivity contribution is 0.0955. The lowest BCUT2D eigenvalue weighted by Gasteiger charge is -2.02. The molecule has 20 heavy (non-hydrogen) atoms. The topological polar surface area (TPSA) is 41.5 Å². The number of rotatable bonds is 3. The molecule has 0 aromatic heterocycles. The normalized spacial score (nSPS) is 10.8. The molecule has 0 fully saturated rings. The summed E-state index contributed by atoms with van der Waals surface area (Å²) in [5.74, 6) is -0.412. The van der Waals surface area contributed by atoms with Crippen LogP contribution in [-0.4, -0.2) is 12.1 Å². The maximum atomic E-state index is 11.9. The molecule has 0 saturated carbocycles. The highest BCUT2D eigenvalue weighted by atomic mass is 35.5. The van der Waals surface area contributed by atoms with Crippen LogP contribution in [0.15, 0.2) is 47.6 Å². The Kier molecular flexibility index (Phi) is 5.01. The van der Waals surface area contributed by atoms with Crippen molar-refractivity contribution >= 4 is 46.9 Å². The van der Waals surface area contributed by atoms with Crippen molar-refractivity contribution in [2.75, 3.05) is 0 Å². The van der Waals surface area contributed by atoms with Crippen molar-refractivity contribution in [3.05, 3.63) is 68.7 Å². The van der Waals surface area contributed by atoms with E-state index in [0.717, 1.165) is 5.56 Å². The highest BCUT2D eigenvalue weighted by Crippen LogP contribution is 2.20. The first-order valence-electron chi connectivity index (χ1n) is 5.60. The highest BCUT2D eigenvalue weighted by molar-refractivity contribution is 6.36. The number of carbonyl (C=O) groups excluding carboxylic acids is 1. The minimum Gasteiger partial charge on any atom is -0.267 e. The van der Waals surface area contributed by atoms with Crippen LogP contribution < -0.4 is 5.43 Å². The van der Waals surface area contributed by atoms with E-state index in [1.165, 1.54) is 18.3 Å². The average molecular weight is 328 g/mol. The third-order valence-electron chi connectivity index (χ3n) is 2.40. The zero-order valence-electron chi connectivity index (χ0n) is 10.1. The van der Waals surface area contributed by atoms with Gasteiger partial charge in [0.1, 0.15) is 0 Å². The number of benzene rings is 2. The Bertz CT molecular complexity index is 671. The summed E-state index contributed by atoms with van der Waals surface area (Å²) >= 11 is 17.5. The summed E-state index contributed by atoms with van der Waals surface area (Å²) in [7, 11) is 0. The quantitative estimate of drug-likeness (QED) is 0.658. The number of hydrazone groups is 1. The zero-order valence-corrected chi connectivity index (χ0v) is 12.4. The molecule has 102 valence electrons.